The average Bonchev–Trinajstić information content (AvgIpc) is 3.54. The molecule has 2 fully saturated rings. The highest BCUT2D eigenvalue weighted by molar-refractivity contribution is 5.98. The highest BCUT2D eigenvalue weighted by Gasteiger charge is 2.23. The normalized spacial score (nSPS) is 17.1. The number of nitrogens with one attached hydrogen (secondary N) is 2. The van der Waals surface area contributed by atoms with Gasteiger partial charge in [0.2, 0.25) is 0 Å². The van der Waals surface area contributed by atoms with E-state index in [-0.39, 0.29) is 6.04 Å². The van der Waals surface area contributed by atoms with Crippen LogP contribution < -0.4 is 10.2 Å². The molecule has 0 saturated carbocycles. The SMILES string of the molecule is CN1CCN(c2ccc3c(Nc4n[nH]c5ccc(Cc6cc(F)cc(F)c6)cc45)nn(C4CCOCC4)c3c2)CC1. The Balaban J connectivity index is 1.23. The second kappa shape index (κ2) is 10.8. The molecular formula is C31H33F2N7O. The fourth-order valence-corrected chi connectivity index (χ4v) is 6.01. The van der Waals surface area contributed by atoms with Crippen LogP contribution in [-0.4, -0.2) is 71.3 Å². The lowest BCUT2D eigenvalue weighted by atomic mass is 10.0. The lowest BCUT2D eigenvalue weighted by Crippen LogP contribution is -2.44. The summed E-state index contributed by atoms with van der Waals surface area (Å²) in [6.07, 6.45) is 2.25. The number of fused-ring (bicyclic) bond motifs is 2. The average molecular weight is 558 g/mol. The van der Waals surface area contributed by atoms with E-state index in [9.17, 15) is 8.78 Å². The van der Waals surface area contributed by atoms with E-state index < -0.39 is 11.6 Å². The van der Waals surface area contributed by atoms with Crippen LogP contribution in [0, 0.1) is 11.6 Å². The molecule has 0 spiro atoms. The molecule has 7 rings (SSSR count). The Labute approximate surface area is 236 Å². The van der Waals surface area contributed by atoms with Crippen molar-refractivity contribution in [2.45, 2.75) is 25.3 Å². The Morgan fingerprint density at radius 1 is 0.878 bits per heavy atom. The summed E-state index contributed by atoms with van der Waals surface area (Å²) in [7, 11) is 2.17. The third-order valence-corrected chi connectivity index (χ3v) is 8.29. The summed E-state index contributed by atoms with van der Waals surface area (Å²) in [6.45, 7) is 5.56. The highest BCUT2D eigenvalue weighted by Crippen LogP contribution is 2.35. The van der Waals surface area contributed by atoms with Crippen molar-refractivity contribution in [1.82, 2.24) is 24.9 Å². The zero-order chi connectivity index (χ0) is 27.9. The molecule has 8 nitrogen and oxygen atoms in total. The first-order valence-corrected chi connectivity index (χ1v) is 14.2. The van der Waals surface area contributed by atoms with Gasteiger partial charge in [0.15, 0.2) is 11.6 Å². The molecule has 0 radical (unpaired) electrons. The second-order valence-corrected chi connectivity index (χ2v) is 11.2. The lowest BCUT2D eigenvalue weighted by Gasteiger charge is -2.34. The maximum Gasteiger partial charge on any atom is 0.161 e. The van der Waals surface area contributed by atoms with Gasteiger partial charge in [0.25, 0.3) is 0 Å². The first-order valence-electron chi connectivity index (χ1n) is 14.2. The van der Waals surface area contributed by atoms with E-state index in [0.717, 1.165) is 91.5 Å². The predicted octanol–water partition coefficient (Wildman–Crippen LogP) is 5.63. The molecule has 2 aliphatic rings. The van der Waals surface area contributed by atoms with E-state index in [1.165, 1.54) is 17.8 Å². The molecule has 2 saturated heterocycles. The maximum atomic E-state index is 13.8. The minimum absolute atomic E-state index is 0.263. The number of nitrogens with zero attached hydrogens (tertiary/aromatic N) is 5. The topological polar surface area (TPSA) is 74.2 Å². The van der Waals surface area contributed by atoms with Crippen LogP contribution in [-0.2, 0) is 11.2 Å². The number of hydrogen-bond donors (Lipinski definition) is 2. The van der Waals surface area contributed by atoms with Gasteiger partial charge in [-0.15, -0.1) is 0 Å². The van der Waals surface area contributed by atoms with E-state index >= 15 is 0 Å². The van der Waals surface area contributed by atoms with E-state index in [4.69, 9.17) is 9.84 Å². The molecule has 2 aliphatic heterocycles. The first kappa shape index (κ1) is 25.9. The van der Waals surface area contributed by atoms with Gasteiger partial charge in [0.1, 0.15) is 11.6 Å². The Kier molecular flexibility index (Phi) is 6.80. The van der Waals surface area contributed by atoms with Crippen LogP contribution in [0.4, 0.5) is 26.1 Å². The van der Waals surface area contributed by atoms with Crippen molar-refractivity contribution in [2.75, 3.05) is 56.7 Å². The molecule has 2 aromatic heterocycles. The monoisotopic (exact) mass is 557 g/mol. The van der Waals surface area contributed by atoms with Crippen LogP contribution in [0.1, 0.15) is 30.0 Å². The number of H-pyrrole nitrogens is 1. The van der Waals surface area contributed by atoms with Crippen molar-refractivity contribution in [3.8, 4) is 0 Å². The zero-order valence-corrected chi connectivity index (χ0v) is 23.0. The van der Waals surface area contributed by atoms with Gasteiger partial charge in [-0.1, -0.05) is 6.07 Å². The van der Waals surface area contributed by atoms with Crippen LogP contribution in [0.25, 0.3) is 21.8 Å². The predicted molar refractivity (Wildman–Crippen MR) is 157 cm³/mol. The van der Waals surface area contributed by atoms with Crippen molar-refractivity contribution in [3.63, 3.8) is 0 Å². The number of anilines is 3. The molecule has 0 unspecified atom stereocenters. The standard InChI is InChI=1S/C31H33F2N7O/c1-38-8-10-39(11-9-38)25-3-4-26-29(19-25)40(24-6-12-41-13-7-24)37-31(26)34-30-27-17-20(2-5-28(27)35-36-30)14-21-15-22(32)18-23(33)16-21/h2-5,15-19,24H,6-14H2,1H3,(H2,34,35,36,37). The van der Waals surface area contributed by atoms with Gasteiger partial charge >= 0.3 is 0 Å². The van der Waals surface area contributed by atoms with E-state index in [2.05, 4.69) is 55.2 Å². The Hall–Kier alpha value is -4.02. The lowest BCUT2D eigenvalue weighted by molar-refractivity contribution is 0.0675. The van der Waals surface area contributed by atoms with Gasteiger partial charge in [0, 0.05) is 61.9 Å². The van der Waals surface area contributed by atoms with Crippen molar-refractivity contribution in [2.24, 2.45) is 0 Å². The summed E-state index contributed by atoms with van der Waals surface area (Å²) >= 11 is 0. The zero-order valence-electron chi connectivity index (χ0n) is 23.0. The Morgan fingerprint density at radius 2 is 1.66 bits per heavy atom. The summed E-state index contributed by atoms with van der Waals surface area (Å²) < 4.78 is 35.3. The number of likely N-dealkylation sites (N-methyl/N-ethyl adjacent to an activating group) is 1. The molecule has 10 heteroatoms. The number of ether oxygens (including phenoxy) is 1. The van der Waals surface area contributed by atoms with Crippen molar-refractivity contribution >= 4 is 39.1 Å². The third-order valence-electron chi connectivity index (χ3n) is 8.29. The molecule has 4 heterocycles. The fourth-order valence-electron chi connectivity index (χ4n) is 6.01. The van der Waals surface area contributed by atoms with Gasteiger partial charge in [-0.25, -0.2) is 8.78 Å². The fraction of sp³-hybridized carbons (Fsp3) is 0.355. The van der Waals surface area contributed by atoms with Crippen molar-refractivity contribution < 1.29 is 13.5 Å². The number of piperazine rings is 1. The van der Waals surface area contributed by atoms with Crippen molar-refractivity contribution in [3.05, 3.63) is 77.4 Å². The van der Waals surface area contributed by atoms with Gasteiger partial charge in [0.05, 0.1) is 17.1 Å². The largest absolute Gasteiger partial charge is 0.381 e. The molecule has 212 valence electrons. The number of rotatable bonds is 6. The molecule has 2 N–H and O–H groups in total. The van der Waals surface area contributed by atoms with Gasteiger partial charge < -0.3 is 19.9 Å². The minimum atomic E-state index is -0.575. The molecule has 0 bridgehead atoms. The van der Waals surface area contributed by atoms with Crippen LogP contribution in [0.15, 0.2) is 54.6 Å². The molecule has 5 aromatic rings. The summed E-state index contributed by atoms with van der Waals surface area (Å²) in [4.78, 5) is 4.81. The van der Waals surface area contributed by atoms with Gasteiger partial charge in [-0.05, 0) is 79.9 Å². The van der Waals surface area contributed by atoms with Crippen molar-refractivity contribution in [1.29, 1.82) is 0 Å². The number of benzene rings is 3. The minimum Gasteiger partial charge on any atom is -0.381 e. The summed E-state index contributed by atoms with van der Waals surface area (Å²) in [6, 6.07) is 16.4. The summed E-state index contributed by atoms with van der Waals surface area (Å²) in [5.41, 5.74) is 4.70. The van der Waals surface area contributed by atoms with Gasteiger partial charge in [-0.3, -0.25) is 9.78 Å². The number of aromatic nitrogens is 4. The quantitative estimate of drug-likeness (QED) is 0.282. The molecule has 41 heavy (non-hydrogen) atoms. The Morgan fingerprint density at radius 3 is 2.44 bits per heavy atom. The van der Waals surface area contributed by atoms with Crippen LogP contribution in [0.5, 0.6) is 0 Å². The smallest absolute Gasteiger partial charge is 0.161 e. The number of hydrogen-bond acceptors (Lipinski definition) is 6. The summed E-state index contributed by atoms with van der Waals surface area (Å²) in [5.74, 6) is 0.264. The number of aromatic amines is 1. The van der Waals surface area contributed by atoms with E-state index in [1.807, 2.05) is 18.2 Å². The van der Waals surface area contributed by atoms with Crippen LogP contribution >= 0.6 is 0 Å². The number of halogens is 2. The molecule has 0 aliphatic carbocycles. The molecular weight excluding hydrogens is 524 g/mol. The third kappa shape index (κ3) is 5.25. The van der Waals surface area contributed by atoms with Crippen LogP contribution in [0.2, 0.25) is 0 Å². The van der Waals surface area contributed by atoms with E-state index in [1.54, 1.807) is 0 Å². The summed E-state index contributed by atoms with van der Waals surface area (Å²) in [5, 5.41) is 18.2. The maximum absolute atomic E-state index is 13.8. The van der Waals surface area contributed by atoms with E-state index in [0.29, 0.717) is 17.8 Å². The second-order valence-electron chi connectivity index (χ2n) is 11.2. The van der Waals surface area contributed by atoms with Gasteiger partial charge in [-0.2, -0.15) is 10.2 Å². The Bertz CT molecular complexity index is 1680. The first-order chi connectivity index (χ1) is 20.0. The highest BCUT2D eigenvalue weighted by atomic mass is 19.1. The molecule has 0 atom stereocenters. The molecule has 0 amide bonds. The molecule has 3 aromatic carbocycles. The van der Waals surface area contributed by atoms with Crippen LogP contribution in [0.3, 0.4) is 0 Å².